The zero-order valence-corrected chi connectivity index (χ0v) is 29.6. The summed E-state index contributed by atoms with van der Waals surface area (Å²) in [6, 6.07) is 27.7. The van der Waals surface area contributed by atoms with Crippen LogP contribution in [-0.2, 0) is 19.5 Å². The molecule has 0 amide bonds. The van der Waals surface area contributed by atoms with Crippen molar-refractivity contribution < 1.29 is 23.4 Å². The van der Waals surface area contributed by atoms with E-state index in [0.717, 1.165) is 28.2 Å². The Morgan fingerprint density at radius 2 is 1.40 bits per heavy atom. The van der Waals surface area contributed by atoms with Crippen molar-refractivity contribution in [1.82, 2.24) is 14.0 Å². The number of imidazole rings is 1. The van der Waals surface area contributed by atoms with Crippen LogP contribution in [-0.4, -0.2) is 55.3 Å². The highest BCUT2D eigenvalue weighted by molar-refractivity contribution is 6.74. The normalized spacial score (nSPS) is 18.7. The van der Waals surface area contributed by atoms with Crippen molar-refractivity contribution in [2.24, 2.45) is 0 Å². The van der Waals surface area contributed by atoms with E-state index in [-0.39, 0.29) is 17.2 Å². The molecule has 0 saturated carbocycles. The predicted octanol–water partition coefficient (Wildman–Crippen LogP) is 7.01. The lowest BCUT2D eigenvalue weighted by molar-refractivity contribution is -0.0823. The van der Waals surface area contributed by atoms with Crippen LogP contribution in [0.2, 0.25) is 18.1 Å². The second kappa shape index (κ2) is 13.4. The summed E-state index contributed by atoms with van der Waals surface area (Å²) < 4.78 is 35.4. The molecule has 0 bridgehead atoms. The van der Waals surface area contributed by atoms with Crippen LogP contribution in [0.3, 0.4) is 0 Å². The van der Waals surface area contributed by atoms with Gasteiger partial charge in [0, 0.05) is 31.1 Å². The third-order valence-electron chi connectivity index (χ3n) is 9.62. The molecule has 2 aromatic heterocycles. The van der Waals surface area contributed by atoms with Crippen molar-refractivity contribution in [3.8, 4) is 11.5 Å². The highest BCUT2D eigenvalue weighted by atomic mass is 28.4. The van der Waals surface area contributed by atoms with E-state index >= 15 is 0 Å². The van der Waals surface area contributed by atoms with Crippen LogP contribution < -0.4 is 15.0 Å². The van der Waals surface area contributed by atoms with Gasteiger partial charge in [0.2, 0.25) is 5.78 Å². The Labute approximate surface area is 283 Å². The van der Waals surface area contributed by atoms with Gasteiger partial charge in [0.05, 0.1) is 33.0 Å². The Morgan fingerprint density at radius 1 is 0.812 bits per heavy atom. The molecule has 251 valence electrons. The minimum atomic E-state index is -2.25. The Bertz CT molecular complexity index is 1830. The number of ether oxygens (including phenoxy) is 4. The second-order valence-corrected chi connectivity index (χ2v) is 18.3. The molecule has 0 aliphatic carbocycles. The SMILES string of the molecule is COc1ccc(C(OC[C@H]2[CH][C@@H](O[Si](C)(C)C(C)(C)C)[C@H](n3ccc(=O)n4ccnc34)O2)(c2ccccc2)c2ccc(OC)cc2)cc1. The summed E-state index contributed by atoms with van der Waals surface area (Å²) in [5.74, 6) is 1.99. The van der Waals surface area contributed by atoms with Gasteiger partial charge in [-0.2, -0.15) is 0 Å². The lowest BCUT2D eigenvalue weighted by Gasteiger charge is -2.39. The monoisotopic (exact) mass is 666 g/mol. The van der Waals surface area contributed by atoms with Gasteiger partial charge in [0.25, 0.3) is 5.56 Å². The zero-order valence-electron chi connectivity index (χ0n) is 28.6. The van der Waals surface area contributed by atoms with Gasteiger partial charge >= 0.3 is 0 Å². The molecule has 1 saturated heterocycles. The predicted molar refractivity (Wildman–Crippen MR) is 188 cm³/mol. The Morgan fingerprint density at radius 3 is 1.96 bits per heavy atom. The van der Waals surface area contributed by atoms with Crippen molar-refractivity contribution >= 4 is 14.1 Å². The first kappa shape index (κ1) is 33.7. The average Bonchev–Trinajstić information content (AvgIpc) is 3.74. The maximum absolute atomic E-state index is 12.6. The maximum atomic E-state index is 12.6. The van der Waals surface area contributed by atoms with Gasteiger partial charge in [0.15, 0.2) is 14.5 Å². The zero-order chi connectivity index (χ0) is 34.1. The van der Waals surface area contributed by atoms with Crippen molar-refractivity contribution in [1.29, 1.82) is 0 Å². The molecule has 3 aromatic carbocycles. The molecule has 3 atom stereocenters. The van der Waals surface area contributed by atoms with Crippen LogP contribution in [0.5, 0.6) is 11.5 Å². The van der Waals surface area contributed by atoms with E-state index in [9.17, 15) is 4.79 Å². The summed E-state index contributed by atoms with van der Waals surface area (Å²) in [5, 5.41) is -0.0304. The highest BCUT2D eigenvalue weighted by Gasteiger charge is 2.47. The first-order chi connectivity index (χ1) is 23.0. The van der Waals surface area contributed by atoms with Crippen LogP contribution in [0.1, 0.15) is 43.7 Å². The number of methoxy groups -OCH3 is 2. The molecule has 0 spiro atoms. The highest BCUT2D eigenvalue weighted by Crippen LogP contribution is 2.44. The minimum absolute atomic E-state index is 0.0304. The molecule has 0 unspecified atom stereocenters. The van der Waals surface area contributed by atoms with E-state index in [1.54, 1.807) is 32.8 Å². The van der Waals surface area contributed by atoms with Gasteiger partial charge in [-0.05, 0) is 59.1 Å². The quantitative estimate of drug-likeness (QED) is 0.111. The molecule has 9 nitrogen and oxygen atoms in total. The Hall–Kier alpha value is -4.22. The summed E-state index contributed by atoms with van der Waals surface area (Å²) in [4.78, 5) is 17.1. The van der Waals surface area contributed by atoms with Crippen LogP contribution in [0.15, 0.2) is 108 Å². The smallest absolute Gasteiger partial charge is 0.258 e. The number of hydrogen-bond donors (Lipinski definition) is 0. The number of nitrogens with zero attached hydrogens (tertiary/aromatic N) is 3. The van der Waals surface area contributed by atoms with Gasteiger partial charge in [-0.1, -0.05) is 75.4 Å². The second-order valence-electron chi connectivity index (χ2n) is 13.6. The summed E-state index contributed by atoms with van der Waals surface area (Å²) in [7, 11) is 1.07. The molecule has 1 radical (unpaired) electrons. The number of hydrogen-bond acceptors (Lipinski definition) is 7. The molecule has 6 rings (SSSR count). The topological polar surface area (TPSA) is 85.5 Å². The fourth-order valence-corrected chi connectivity index (χ4v) is 7.20. The first-order valence-corrected chi connectivity index (χ1v) is 19.1. The number of aromatic nitrogens is 3. The van der Waals surface area contributed by atoms with Crippen molar-refractivity contribution in [2.75, 3.05) is 20.8 Å². The van der Waals surface area contributed by atoms with Crippen LogP contribution in [0.4, 0.5) is 0 Å². The molecule has 5 aromatic rings. The molecule has 3 heterocycles. The third kappa shape index (κ3) is 6.33. The van der Waals surface area contributed by atoms with E-state index in [1.807, 2.05) is 71.3 Å². The maximum Gasteiger partial charge on any atom is 0.258 e. The molecular weight excluding hydrogens is 623 g/mol. The lowest BCUT2D eigenvalue weighted by Crippen LogP contribution is -2.45. The van der Waals surface area contributed by atoms with Gasteiger partial charge in [0.1, 0.15) is 17.1 Å². The van der Waals surface area contributed by atoms with E-state index in [4.69, 9.17) is 23.4 Å². The van der Waals surface area contributed by atoms with Crippen LogP contribution in [0, 0.1) is 6.42 Å². The van der Waals surface area contributed by atoms with Gasteiger partial charge in [-0.15, -0.1) is 0 Å². The van der Waals surface area contributed by atoms with Crippen LogP contribution in [0.25, 0.3) is 5.78 Å². The standard InChI is InChI=1S/C38H44N3O6Si/c1-37(2,3)48(6,7)47-33-25-32(46-35(33)41-23-21-34(42)40-24-22-39-36(40)41)26-45-38(27-11-9-8-10-12-27,28-13-17-30(43-4)18-14-28)29-15-19-31(44-5)20-16-29/h8-25,32-33,35H,26H2,1-7H3/t32-,33-,35-/m1/s1. The Kier molecular flexibility index (Phi) is 9.37. The number of fused-ring (bicyclic) bond motifs is 1. The van der Waals surface area contributed by atoms with E-state index in [2.05, 4.69) is 57.4 Å². The van der Waals surface area contributed by atoms with Crippen LogP contribution >= 0.6 is 0 Å². The molecular formula is C38H44N3O6Si. The van der Waals surface area contributed by atoms with E-state index in [1.165, 1.54) is 10.5 Å². The molecule has 10 heteroatoms. The van der Waals surface area contributed by atoms with Gasteiger partial charge < -0.3 is 23.4 Å². The third-order valence-corrected chi connectivity index (χ3v) is 14.1. The molecule has 1 aliphatic heterocycles. The number of rotatable bonds is 11. The first-order valence-electron chi connectivity index (χ1n) is 16.2. The molecule has 0 N–H and O–H groups in total. The molecule has 48 heavy (non-hydrogen) atoms. The fraction of sp³-hybridized carbons (Fsp3) is 0.342. The van der Waals surface area contributed by atoms with E-state index < -0.39 is 32.4 Å². The van der Waals surface area contributed by atoms with Gasteiger partial charge in [-0.25, -0.2) is 4.98 Å². The largest absolute Gasteiger partial charge is 0.497 e. The average molecular weight is 667 g/mol. The van der Waals surface area contributed by atoms with Crippen molar-refractivity contribution in [3.05, 3.63) is 137 Å². The van der Waals surface area contributed by atoms with Crippen molar-refractivity contribution in [3.63, 3.8) is 0 Å². The van der Waals surface area contributed by atoms with Crippen molar-refractivity contribution in [2.45, 2.75) is 62.9 Å². The summed E-state index contributed by atoms with van der Waals surface area (Å²) in [6.45, 7) is 11.3. The minimum Gasteiger partial charge on any atom is -0.497 e. The summed E-state index contributed by atoms with van der Waals surface area (Å²) >= 11 is 0. The fourth-order valence-electron chi connectivity index (χ4n) is 5.97. The summed E-state index contributed by atoms with van der Waals surface area (Å²) in [5.41, 5.74) is 1.67. The Balaban J connectivity index is 1.41. The summed E-state index contributed by atoms with van der Waals surface area (Å²) in [6.07, 6.45) is 5.70. The number of benzene rings is 3. The molecule has 1 aliphatic rings. The van der Waals surface area contributed by atoms with Gasteiger partial charge in [-0.3, -0.25) is 13.8 Å². The lowest BCUT2D eigenvalue weighted by atomic mass is 9.80. The molecule has 1 fully saturated rings. The van der Waals surface area contributed by atoms with E-state index in [0.29, 0.717) is 5.78 Å².